The van der Waals surface area contributed by atoms with Crippen molar-refractivity contribution in [1.29, 1.82) is 0 Å². The van der Waals surface area contributed by atoms with E-state index in [-0.39, 0.29) is 18.4 Å². The van der Waals surface area contributed by atoms with Crippen molar-refractivity contribution >= 4 is 5.69 Å². The molecule has 3 nitrogen and oxygen atoms in total. The van der Waals surface area contributed by atoms with E-state index in [1.54, 1.807) is 12.1 Å². The van der Waals surface area contributed by atoms with Gasteiger partial charge in [0.25, 0.3) is 0 Å². The predicted molar refractivity (Wildman–Crippen MR) is 60.2 cm³/mol. The topological polar surface area (TPSA) is 43.7 Å². The standard InChI is InChI=1S/C12H17NO2/c14-9-11-4-1-2-7-13(11)10-5-3-6-12(15)8-10/h3,5-6,8,11,14-15H,1-2,4,7,9H2. The molecule has 1 unspecified atom stereocenters. The van der Waals surface area contributed by atoms with Crippen molar-refractivity contribution in [2.45, 2.75) is 25.3 Å². The van der Waals surface area contributed by atoms with E-state index >= 15 is 0 Å². The summed E-state index contributed by atoms with van der Waals surface area (Å²) in [5.74, 6) is 0.287. The number of nitrogens with zero attached hydrogens (tertiary/aromatic N) is 1. The molecule has 1 atom stereocenters. The summed E-state index contributed by atoms with van der Waals surface area (Å²) in [7, 11) is 0. The third-order valence-electron chi connectivity index (χ3n) is 3.00. The van der Waals surface area contributed by atoms with Crippen LogP contribution in [-0.2, 0) is 0 Å². The molecule has 1 aromatic rings. The first-order valence-corrected chi connectivity index (χ1v) is 5.48. The number of rotatable bonds is 2. The Kier molecular flexibility index (Phi) is 3.11. The quantitative estimate of drug-likeness (QED) is 0.776. The van der Waals surface area contributed by atoms with E-state index < -0.39 is 0 Å². The Bertz CT molecular complexity index is 327. The first kappa shape index (κ1) is 10.3. The molecule has 2 rings (SSSR count). The van der Waals surface area contributed by atoms with Crippen LogP contribution in [0.2, 0.25) is 0 Å². The van der Waals surface area contributed by atoms with Crippen LogP contribution in [-0.4, -0.2) is 29.4 Å². The number of anilines is 1. The number of aromatic hydroxyl groups is 1. The van der Waals surface area contributed by atoms with E-state index in [0.29, 0.717) is 0 Å². The Morgan fingerprint density at radius 3 is 2.93 bits per heavy atom. The van der Waals surface area contributed by atoms with E-state index in [4.69, 9.17) is 0 Å². The summed E-state index contributed by atoms with van der Waals surface area (Å²) in [6.07, 6.45) is 3.37. The van der Waals surface area contributed by atoms with Gasteiger partial charge in [-0.25, -0.2) is 0 Å². The number of benzene rings is 1. The van der Waals surface area contributed by atoms with Gasteiger partial charge in [0.05, 0.1) is 12.6 Å². The predicted octanol–water partition coefficient (Wildman–Crippen LogP) is 1.74. The van der Waals surface area contributed by atoms with Crippen molar-refractivity contribution in [3.05, 3.63) is 24.3 Å². The van der Waals surface area contributed by atoms with Crippen molar-refractivity contribution < 1.29 is 10.2 Å². The van der Waals surface area contributed by atoms with E-state index in [1.165, 1.54) is 6.42 Å². The molecule has 0 aliphatic carbocycles. The zero-order valence-electron chi connectivity index (χ0n) is 8.76. The van der Waals surface area contributed by atoms with Gasteiger partial charge in [0, 0.05) is 18.3 Å². The van der Waals surface area contributed by atoms with Crippen LogP contribution in [0.1, 0.15) is 19.3 Å². The number of aliphatic hydroxyl groups is 1. The van der Waals surface area contributed by atoms with Crippen LogP contribution in [0.15, 0.2) is 24.3 Å². The Morgan fingerprint density at radius 2 is 2.20 bits per heavy atom. The van der Waals surface area contributed by atoms with Crippen molar-refractivity contribution in [3.8, 4) is 5.75 Å². The fourth-order valence-corrected chi connectivity index (χ4v) is 2.20. The van der Waals surface area contributed by atoms with Gasteiger partial charge in [0.15, 0.2) is 0 Å². The summed E-state index contributed by atoms with van der Waals surface area (Å²) in [4.78, 5) is 2.18. The first-order valence-electron chi connectivity index (χ1n) is 5.48. The van der Waals surface area contributed by atoms with Crippen molar-refractivity contribution in [2.75, 3.05) is 18.1 Å². The molecule has 1 saturated heterocycles. The minimum atomic E-state index is 0.190. The Balaban J connectivity index is 2.20. The number of phenols is 1. The lowest BCUT2D eigenvalue weighted by Gasteiger charge is -2.36. The number of piperidine rings is 1. The van der Waals surface area contributed by atoms with Crippen LogP contribution in [0, 0.1) is 0 Å². The largest absolute Gasteiger partial charge is 0.508 e. The molecular formula is C12H17NO2. The fourth-order valence-electron chi connectivity index (χ4n) is 2.20. The lowest BCUT2D eigenvalue weighted by molar-refractivity contribution is 0.240. The van der Waals surface area contributed by atoms with E-state index in [2.05, 4.69) is 4.90 Å². The molecule has 0 radical (unpaired) electrons. The lowest BCUT2D eigenvalue weighted by Crippen LogP contribution is -2.41. The highest BCUT2D eigenvalue weighted by atomic mass is 16.3. The molecule has 1 aliphatic heterocycles. The number of aliphatic hydroxyl groups excluding tert-OH is 1. The molecule has 3 heteroatoms. The second-order valence-corrected chi connectivity index (χ2v) is 4.05. The summed E-state index contributed by atoms with van der Waals surface area (Å²) >= 11 is 0. The highest BCUT2D eigenvalue weighted by molar-refractivity contribution is 5.51. The van der Waals surface area contributed by atoms with Crippen LogP contribution in [0.3, 0.4) is 0 Å². The van der Waals surface area contributed by atoms with E-state index in [1.807, 2.05) is 12.1 Å². The summed E-state index contributed by atoms with van der Waals surface area (Å²) in [5.41, 5.74) is 1.01. The van der Waals surface area contributed by atoms with Crippen molar-refractivity contribution in [3.63, 3.8) is 0 Å². The molecule has 0 bridgehead atoms. The monoisotopic (exact) mass is 207 g/mol. The van der Waals surface area contributed by atoms with Gasteiger partial charge in [0.1, 0.15) is 5.75 Å². The molecule has 1 aliphatic rings. The van der Waals surface area contributed by atoms with Gasteiger partial charge >= 0.3 is 0 Å². The molecule has 82 valence electrons. The van der Waals surface area contributed by atoms with Gasteiger partial charge < -0.3 is 15.1 Å². The average molecular weight is 207 g/mol. The van der Waals surface area contributed by atoms with Crippen LogP contribution in [0.4, 0.5) is 5.69 Å². The zero-order chi connectivity index (χ0) is 10.7. The van der Waals surface area contributed by atoms with Crippen LogP contribution in [0.25, 0.3) is 0 Å². The van der Waals surface area contributed by atoms with Gasteiger partial charge in [-0.15, -0.1) is 0 Å². The van der Waals surface area contributed by atoms with Gasteiger partial charge in [-0.2, -0.15) is 0 Å². The molecule has 0 aromatic heterocycles. The second-order valence-electron chi connectivity index (χ2n) is 4.05. The maximum Gasteiger partial charge on any atom is 0.117 e. The molecule has 2 N–H and O–H groups in total. The normalized spacial score (nSPS) is 21.7. The average Bonchev–Trinajstić information content (AvgIpc) is 2.29. The summed E-state index contributed by atoms with van der Waals surface area (Å²) in [5, 5.41) is 18.7. The third kappa shape index (κ3) is 2.23. The molecule has 0 saturated carbocycles. The molecule has 15 heavy (non-hydrogen) atoms. The zero-order valence-corrected chi connectivity index (χ0v) is 8.76. The van der Waals surface area contributed by atoms with Gasteiger partial charge in [0.2, 0.25) is 0 Å². The van der Waals surface area contributed by atoms with Crippen LogP contribution < -0.4 is 4.90 Å². The fraction of sp³-hybridized carbons (Fsp3) is 0.500. The van der Waals surface area contributed by atoms with Gasteiger partial charge in [-0.05, 0) is 31.4 Å². The highest BCUT2D eigenvalue weighted by Crippen LogP contribution is 2.26. The molecule has 0 spiro atoms. The van der Waals surface area contributed by atoms with Gasteiger partial charge in [-0.1, -0.05) is 6.07 Å². The van der Waals surface area contributed by atoms with E-state index in [0.717, 1.165) is 25.1 Å². The molecule has 1 aromatic carbocycles. The Hall–Kier alpha value is -1.22. The molecule has 0 amide bonds. The number of hydrogen-bond acceptors (Lipinski definition) is 3. The Labute approximate surface area is 90.0 Å². The minimum Gasteiger partial charge on any atom is -0.508 e. The number of phenolic OH excluding ortho intramolecular Hbond substituents is 1. The van der Waals surface area contributed by atoms with Gasteiger partial charge in [-0.3, -0.25) is 0 Å². The molecule has 1 fully saturated rings. The van der Waals surface area contributed by atoms with E-state index in [9.17, 15) is 10.2 Å². The Morgan fingerprint density at radius 1 is 1.33 bits per heavy atom. The maximum absolute atomic E-state index is 9.41. The van der Waals surface area contributed by atoms with Crippen LogP contribution in [0.5, 0.6) is 5.75 Å². The van der Waals surface area contributed by atoms with Crippen molar-refractivity contribution in [2.24, 2.45) is 0 Å². The third-order valence-corrected chi connectivity index (χ3v) is 3.00. The maximum atomic E-state index is 9.41. The summed E-state index contributed by atoms with van der Waals surface area (Å²) < 4.78 is 0. The second kappa shape index (κ2) is 4.53. The first-order chi connectivity index (χ1) is 7.31. The summed E-state index contributed by atoms with van der Waals surface area (Å²) in [6, 6.07) is 7.46. The smallest absolute Gasteiger partial charge is 0.117 e. The summed E-state index contributed by atoms with van der Waals surface area (Å²) in [6.45, 7) is 1.16. The lowest BCUT2D eigenvalue weighted by atomic mass is 10.0. The van der Waals surface area contributed by atoms with Crippen molar-refractivity contribution in [1.82, 2.24) is 0 Å². The van der Waals surface area contributed by atoms with Crippen LogP contribution >= 0.6 is 0 Å². The highest BCUT2D eigenvalue weighted by Gasteiger charge is 2.21. The molecule has 1 heterocycles. The SMILES string of the molecule is OCC1CCCCN1c1cccc(O)c1. The minimum absolute atomic E-state index is 0.190. The number of hydrogen-bond donors (Lipinski definition) is 2. The molecular weight excluding hydrogens is 190 g/mol.